The van der Waals surface area contributed by atoms with Gasteiger partial charge in [-0.05, 0) is 37.1 Å². The number of anilines is 1. The predicted molar refractivity (Wildman–Crippen MR) is 112 cm³/mol. The number of aryl methyl sites for hydroxylation is 2. The van der Waals surface area contributed by atoms with E-state index in [0.29, 0.717) is 12.1 Å². The van der Waals surface area contributed by atoms with Crippen molar-refractivity contribution in [3.05, 3.63) is 77.6 Å². The Hall–Kier alpha value is -2.17. The van der Waals surface area contributed by atoms with Gasteiger partial charge in [-0.2, -0.15) is 0 Å². The van der Waals surface area contributed by atoms with Crippen molar-refractivity contribution >= 4 is 33.3 Å². The Morgan fingerprint density at radius 2 is 1.43 bits per heavy atom. The summed E-state index contributed by atoms with van der Waals surface area (Å²) in [5.41, 5.74) is 11.1. The van der Waals surface area contributed by atoms with Gasteiger partial charge in [-0.1, -0.05) is 49.4 Å². The van der Waals surface area contributed by atoms with Crippen molar-refractivity contribution in [1.82, 2.24) is 9.97 Å². The molecule has 0 aliphatic heterocycles. The second-order valence-corrected chi connectivity index (χ2v) is 6.49. The quantitative estimate of drug-likeness (QED) is 0.176. The minimum Gasteiger partial charge on any atom is -1.00 e. The van der Waals surface area contributed by atoms with Gasteiger partial charge in [0.1, 0.15) is 5.69 Å². The molecule has 0 aliphatic carbocycles. The van der Waals surface area contributed by atoms with E-state index in [9.17, 15) is 4.79 Å². The molecule has 4 rings (SSSR count). The Kier molecular flexibility index (Phi) is 11.6. The van der Waals surface area contributed by atoms with Crippen LogP contribution >= 0.6 is 0 Å². The number of rotatable bonds is 2. The number of nitrogen functional groups attached to an aromatic ring is 1. The van der Waals surface area contributed by atoms with Crippen molar-refractivity contribution in [2.24, 2.45) is 0 Å². The molecule has 2 aromatic carbocycles. The molecule has 0 spiro atoms. The average Bonchev–Trinajstić information content (AvgIpc) is 2.71. The largest absolute Gasteiger partial charge is 2.00 e. The summed E-state index contributed by atoms with van der Waals surface area (Å²) in [6.07, 6.45) is 2.22. The first-order valence-electron chi connectivity index (χ1n) is 9.00. The van der Waals surface area contributed by atoms with Crippen LogP contribution in [0, 0.1) is 13.8 Å². The zero-order valence-corrected chi connectivity index (χ0v) is 19.6. The average molecular weight is 484 g/mol. The first-order chi connectivity index (χ1) is 13.0. The van der Waals surface area contributed by atoms with E-state index in [0.717, 1.165) is 38.6 Å². The van der Waals surface area contributed by atoms with Gasteiger partial charge >= 0.3 is 17.1 Å². The monoisotopic (exact) mass is 483 g/mol. The third-order valence-electron chi connectivity index (χ3n) is 4.58. The van der Waals surface area contributed by atoms with Crippen LogP contribution in [0.1, 0.15) is 35.0 Å². The van der Waals surface area contributed by atoms with E-state index in [-0.39, 0.29) is 47.7 Å². The number of carbonyl (C=O) groups is 1. The van der Waals surface area contributed by atoms with Crippen LogP contribution in [0.3, 0.4) is 0 Å². The van der Waals surface area contributed by atoms with Gasteiger partial charge in [0.25, 0.3) is 0 Å². The summed E-state index contributed by atoms with van der Waals surface area (Å²) in [5.74, 6) is 0.0600. The minimum absolute atomic E-state index is 0. The van der Waals surface area contributed by atoms with Crippen LogP contribution in [0.5, 0.6) is 0 Å². The molecule has 0 saturated carbocycles. The topological polar surface area (TPSA) is 68.9 Å². The zero-order valence-electron chi connectivity index (χ0n) is 17.0. The molecule has 0 radical (unpaired) electrons. The maximum Gasteiger partial charge on any atom is 2.00 e. The molecule has 2 N–H and O–H groups in total. The molecule has 158 valence electrons. The Labute approximate surface area is 200 Å². The maximum absolute atomic E-state index is 11.7. The van der Waals surface area contributed by atoms with Crippen molar-refractivity contribution in [3.63, 3.8) is 0 Å². The standard InChI is InChI=1S/C15H12N2O.C8H11N.2ClH.Fe/c1-2-13(18)12-8-7-11-6-5-10-4-3-9-16-14(10)15(11)17-12;1-6-4-3-5-7(2)8(6)9;;;/h3-9H,2H2,1H3;3-5H,9H2,1-2H3;2*1H;/q;;;;+2/p-2. The number of fused-ring (bicyclic) bond motifs is 3. The number of pyridine rings is 2. The number of carbonyl (C=O) groups excluding carboxylic acids is 1. The Bertz CT molecular complexity index is 1120. The van der Waals surface area contributed by atoms with Gasteiger partial charge in [0.15, 0.2) is 5.78 Å². The van der Waals surface area contributed by atoms with Crippen LogP contribution in [0.15, 0.2) is 60.8 Å². The van der Waals surface area contributed by atoms with Crippen LogP contribution in [0.4, 0.5) is 5.69 Å². The fraction of sp³-hybridized carbons (Fsp3) is 0.174. The van der Waals surface area contributed by atoms with Crippen LogP contribution < -0.4 is 30.5 Å². The van der Waals surface area contributed by atoms with E-state index in [4.69, 9.17) is 5.73 Å². The molecule has 7 heteroatoms. The molecule has 2 heterocycles. The summed E-state index contributed by atoms with van der Waals surface area (Å²) in [6, 6.07) is 17.7. The normalized spacial score (nSPS) is 9.43. The minimum atomic E-state index is 0. The van der Waals surface area contributed by atoms with Gasteiger partial charge in [0.2, 0.25) is 0 Å². The summed E-state index contributed by atoms with van der Waals surface area (Å²) in [7, 11) is 0. The van der Waals surface area contributed by atoms with Crippen molar-refractivity contribution < 1.29 is 46.7 Å². The van der Waals surface area contributed by atoms with Crippen LogP contribution in [-0.2, 0) is 17.1 Å². The molecule has 30 heavy (non-hydrogen) atoms. The summed E-state index contributed by atoms with van der Waals surface area (Å²) >= 11 is 0. The molecular weight excluding hydrogens is 461 g/mol. The van der Waals surface area contributed by atoms with Crippen molar-refractivity contribution in [2.45, 2.75) is 27.2 Å². The molecule has 2 aromatic heterocycles. The Morgan fingerprint density at radius 1 is 0.867 bits per heavy atom. The molecule has 0 unspecified atom stereocenters. The molecule has 4 aromatic rings. The van der Waals surface area contributed by atoms with E-state index in [1.165, 1.54) is 0 Å². The Morgan fingerprint density at radius 3 is 2.00 bits per heavy atom. The van der Waals surface area contributed by atoms with E-state index in [1.807, 2.05) is 69.3 Å². The fourth-order valence-electron chi connectivity index (χ4n) is 2.89. The van der Waals surface area contributed by atoms with Gasteiger partial charge in [0, 0.05) is 29.1 Å². The number of aromatic nitrogens is 2. The maximum atomic E-state index is 11.7. The van der Waals surface area contributed by atoms with Crippen LogP contribution in [0.25, 0.3) is 21.8 Å². The number of halogens is 2. The van der Waals surface area contributed by atoms with E-state index in [2.05, 4.69) is 9.97 Å². The number of para-hydroxylation sites is 1. The first kappa shape index (κ1) is 27.8. The van der Waals surface area contributed by atoms with E-state index in [1.54, 1.807) is 12.3 Å². The first-order valence-corrected chi connectivity index (χ1v) is 9.00. The molecule has 0 aliphatic rings. The summed E-state index contributed by atoms with van der Waals surface area (Å²) < 4.78 is 0. The second-order valence-electron chi connectivity index (χ2n) is 6.49. The number of Topliss-reactive ketones (excluding diaryl/α,β-unsaturated/α-hetero) is 1. The molecule has 4 nitrogen and oxygen atoms in total. The van der Waals surface area contributed by atoms with E-state index >= 15 is 0 Å². The molecule has 0 atom stereocenters. The van der Waals surface area contributed by atoms with Crippen molar-refractivity contribution in [3.8, 4) is 0 Å². The zero-order chi connectivity index (χ0) is 19.4. The van der Waals surface area contributed by atoms with E-state index < -0.39 is 0 Å². The molecule has 0 bridgehead atoms. The van der Waals surface area contributed by atoms with Crippen molar-refractivity contribution in [2.75, 3.05) is 5.73 Å². The smallest absolute Gasteiger partial charge is 1.00 e. The predicted octanol–water partition coefficient (Wildman–Crippen LogP) is -0.733. The molecule has 0 amide bonds. The third kappa shape index (κ3) is 6.16. The number of nitrogens with zero attached hydrogens (tertiary/aromatic N) is 2. The second kappa shape index (κ2) is 12.5. The number of hydrogen-bond donors (Lipinski definition) is 1. The van der Waals surface area contributed by atoms with Crippen LogP contribution in [-0.4, -0.2) is 15.8 Å². The number of benzene rings is 2. The van der Waals surface area contributed by atoms with Gasteiger partial charge in [-0.3, -0.25) is 9.78 Å². The number of ketones is 1. The molecule has 0 saturated heterocycles. The number of nitrogens with two attached hydrogens (primary N) is 1. The SMILES string of the molecule is CCC(=O)c1ccc2ccc3cccnc3c2n1.Cc1cccc(C)c1N.[Cl-].[Cl-].[Fe+2]. The number of hydrogen-bond acceptors (Lipinski definition) is 4. The van der Waals surface area contributed by atoms with Gasteiger partial charge in [-0.15, -0.1) is 0 Å². The summed E-state index contributed by atoms with van der Waals surface area (Å²) in [4.78, 5) is 20.5. The molecular formula is C23H23Cl2FeN3O. The summed E-state index contributed by atoms with van der Waals surface area (Å²) in [6.45, 7) is 5.88. The third-order valence-corrected chi connectivity index (χ3v) is 4.58. The van der Waals surface area contributed by atoms with Gasteiger partial charge in [-0.25, -0.2) is 4.98 Å². The Balaban J connectivity index is 0.000000608. The van der Waals surface area contributed by atoms with Crippen LogP contribution in [0.2, 0.25) is 0 Å². The van der Waals surface area contributed by atoms with Crippen molar-refractivity contribution in [1.29, 1.82) is 0 Å². The fourth-order valence-corrected chi connectivity index (χ4v) is 2.89. The molecule has 0 fully saturated rings. The van der Waals surface area contributed by atoms with Gasteiger partial charge in [0.05, 0.1) is 11.0 Å². The summed E-state index contributed by atoms with van der Waals surface area (Å²) in [5, 5.41) is 2.05. The van der Waals surface area contributed by atoms with Gasteiger partial charge < -0.3 is 30.5 Å².